The first kappa shape index (κ1) is 20.3. The Morgan fingerprint density at radius 3 is 2.04 bits per heavy atom. The molecule has 4 nitrogen and oxygen atoms in total. The molecule has 0 aromatic rings. The fraction of sp³-hybridized carbons (Fsp3) is 0.905. The van der Waals surface area contributed by atoms with Gasteiger partial charge in [0.2, 0.25) is 0 Å². The highest BCUT2D eigenvalue weighted by Crippen LogP contribution is 2.31. The Balaban J connectivity index is 1.59. The van der Waals surface area contributed by atoms with Gasteiger partial charge < -0.3 is 9.47 Å². The minimum Gasteiger partial charge on any atom is -0.465 e. The van der Waals surface area contributed by atoms with E-state index >= 15 is 0 Å². The van der Waals surface area contributed by atoms with Crippen molar-refractivity contribution in [2.45, 2.75) is 97.0 Å². The molecule has 0 bridgehead atoms. The third-order valence-electron chi connectivity index (χ3n) is 5.65. The lowest BCUT2D eigenvalue weighted by Gasteiger charge is -2.28. The molecule has 4 heteroatoms. The van der Waals surface area contributed by atoms with Gasteiger partial charge in [-0.05, 0) is 70.1 Å². The van der Waals surface area contributed by atoms with Gasteiger partial charge >= 0.3 is 11.9 Å². The molecule has 2 aliphatic carbocycles. The standard InChI is InChI=1S/C21H36O4/c1-16(2)8-6-7-15-24-20(22)17-11-13-18(14-12-17)21(23)25-19-9-4-3-5-10-19/h16-19H,3-15H2,1-2H3. The van der Waals surface area contributed by atoms with Gasteiger partial charge in [-0.1, -0.05) is 26.7 Å². The second-order valence-corrected chi connectivity index (χ2v) is 8.30. The van der Waals surface area contributed by atoms with Crippen molar-refractivity contribution in [1.82, 2.24) is 0 Å². The molecule has 0 atom stereocenters. The van der Waals surface area contributed by atoms with Gasteiger partial charge in [-0.2, -0.15) is 0 Å². The molecule has 0 saturated heterocycles. The summed E-state index contributed by atoms with van der Waals surface area (Å²) in [7, 11) is 0. The lowest BCUT2D eigenvalue weighted by atomic mass is 9.82. The van der Waals surface area contributed by atoms with Crippen LogP contribution in [0.25, 0.3) is 0 Å². The Morgan fingerprint density at radius 1 is 0.840 bits per heavy atom. The van der Waals surface area contributed by atoms with Crippen LogP contribution in [0.15, 0.2) is 0 Å². The van der Waals surface area contributed by atoms with E-state index in [1.165, 1.54) is 25.7 Å². The van der Waals surface area contributed by atoms with Crippen LogP contribution in [0.2, 0.25) is 0 Å². The fourth-order valence-electron chi connectivity index (χ4n) is 3.95. The van der Waals surface area contributed by atoms with Crippen molar-refractivity contribution in [2.24, 2.45) is 17.8 Å². The first-order chi connectivity index (χ1) is 12.1. The summed E-state index contributed by atoms with van der Waals surface area (Å²) in [5.74, 6) is 0.566. The topological polar surface area (TPSA) is 52.6 Å². The molecule has 0 spiro atoms. The zero-order valence-corrected chi connectivity index (χ0v) is 16.1. The first-order valence-electron chi connectivity index (χ1n) is 10.4. The van der Waals surface area contributed by atoms with Gasteiger partial charge in [0.15, 0.2) is 0 Å². The normalized spacial score (nSPS) is 24.9. The molecule has 0 N–H and O–H groups in total. The Labute approximate surface area is 153 Å². The molecule has 2 saturated carbocycles. The number of rotatable bonds is 8. The molecule has 2 fully saturated rings. The molecule has 2 rings (SSSR count). The molecule has 0 unspecified atom stereocenters. The van der Waals surface area contributed by atoms with E-state index in [0.717, 1.165) is 51.4 Å². The van der Waals surface area contributed by atoms with Crippen LogP contribution in [-0.2, 0) is 19.1 Å². The highest BCUT2D eigenvalue weighted by Gasteiger charge is 2.32. The van der Waals surface area contributed by atoms with Gasteiger partial charge in [0.05, 0.1) is 18.4 Å². The van der Waals surface area contributed by atoms with Gasteiger partial charge in [0.25, 0.3) is 0 Å². The summed E-state index contributed by atoms with van der Waals surface area (Å²) in [6.07, 6.45) is 12.1. The zero-order chi connectivity index (χ0) is 18.1. The smallest absolute Gasteiger partial charge is 0.309 e. The summed E-state index contributed by atoms with van der Waals surface area (Å²) in [5.41, 5.74) is 0. The van der Waals surface area contributed by atoms with Crippen LogP contribution in [0.4, 0.5) is 0 Å². The van der Waals surface area contributed by atoms with E-state index in [4.69, 9.17) is 9.47 Å². The summed E-state index contributed by atoms with van der Waals surface area (Å²) in [4.78, 5) is 24.5. The summed E-state index contributed by atoms with van der Waals surface area (Å²) < 4.78 is 11.1. The molecule has 0 heterocycles. The molecule has 25 heavy (non-hydrogen) atoms. The molecule has 144 valence electrons. The lowest BCUT2D eigenvalue weighted by Crippen LogP contribution is -2.31. The van der Waals surface area contributed by atoms with Crippen molar-refractivity contribution in [2.75, 3.05) is 6.61 Å². The number of hydrogen-bond acceptors (Lipinski definition) is 4. The highest BCUT2D eigenvalue weighted by atomic mass is 16.5. The molecule has 2 aliphatic rings. The second-order valence-electron chi connectivity index (χ2n) is 8.30. The summed E-state index contributed by atoms with van der Waals surface area (Å²) in [5, 5.41) is 0. The number of unbranched alkanes of at least 4 members (excludes halogenated alkanes) is 1. The molecule has 0 aliphatic heterocycles. The summed E-state index contributed by atoms with van der Waals surface area (Å²) in [6, 6.07) is 0. The average Bonchev–Trinajstić information content (AvgIpc) is 2.62. The Bertz CT molecular complexity index is 404. The van der Waals surface area contributed by atoms with Gasteiger partial charge in [0, 0.05) is 0 Å². The molecular weight excluding hydrogens is 316 g/mol. The zero-order valence-electron chi connectivity index (χ0n) is 16.1. The SMILES string of the molecule is CC(C)CCCCOC(=O)C1CCC(C(=O)OC2CCCCC2)CC1. The van der Waals surface area contributed by atoms with E-state index in [1.54, 1.807) is 0 Å². The fourth-order valence-corrected chi connectivity index (χ4v) is 3.95. The van der Waals surface area contributed by atoms with E-state index in [1.807, 2.05) is 0 Å². The molecule has 0 aromatic heterocycles. The largest absolute Gasteiger partial charge is 0.465 e. The van der Waals surface area contributed by atoms with E-state index in [9.17, 15) is 9.59 Å². The van der Waals surface area contributed by atoms with Crippen molar-refractivity contribution < 1.29 is 19.1 Å². The molecular formula is C21H36O4. The monoisotopic (exact) mass is 352 g/mol. The van der Waals surface area contributed by atoms with Crippen LogP contribution in [0.1, 0.15) is 90.9 Å². The van der Waals surface area contributed by atoms with Crippen LogP contribution < -0.4 is 0 Å². The third-order valence-corrected chi connectivity index (χ3v) is 5.65. The second kappa shape index (κ2) is 10.8. The summed E-state index contributed by atoms with van der Waals surface area (Å²) in [6.45, 7) is 4.96. The highest BCUT2D eigenvalue weighted by molar-refractivity contribution is 5.75. The maximum absolute atomic E-state index is 12.3. The molecule has 0 amide bonds. The predicted molar refractivity (Wildman–Crippen MR) is 98.1 cm³/mol. The van der Waals surface area contributed by atoms with Gasteiger partial charge in [-0.15, -0.1) is 0 Å². The third kappa shape index (κ3) is 7.37. The average molecular weight is 353 g/mol. The van der Waals surface area contributed by atoms with Crippen LogP contribution in [0, 0.1) is 17.8 Å². The maximum Gasteiger partial charge on any atom is 0.309 e. The van der Waals surface area contributed by atoms with Crippen molar-refractivity contribution >= 4 is 11.9 Å². The van der Waals surface area contributed by atoms with Crippen LogP contribution in [0.5, 0.6) is 0 Å². The number of ether oxygens (including phenoxy) is 2. The Kier molecular flexibility index (Phi) is 8.77. The van der Waals surface area contributed by atoms with E-state index in [0.29, 0.717) is 12.5 Å². The predicted octanol–water partition coefficient (Wildman–Crippen LogP) is 5.04. The van der Waals surface area contributed by atoms with Crippen molar-refractivity contribution in [1.29, 1.82) is 0 Å². The quantitative estimate of drug-likeness (QED) is 0.454. The van der Waals surface area contributed by atoms with Crippen molar-refractivity contribution in [3.63, 3.8) is 0 Å². The minimum absolute atomic E-state index is 0.0166. The van der Waals surface area contributed by atoms with Crippen molar-refractivity contribution in [3.8, 4) is 0 Å². The number of hydrogen-bond donors (Lipinski definition) is 0. The maximum atomic E-state index is 12.3. The van der Waals surface area contributed by atoms with E-state index < -0.39 is 0 Å². The first-order valence-corrected chi connectivity index (χ1v) is 10.4. The van der Waals surface area contributed by atoms with Crippen LogP contribution >= 0.6 is 0 Å². The lowest BCUT2D eigenvalue weighted by molar-refractivity contribution is -0.159. The molecule has 0 aromatic carbocycles. The summed E-state index contributed by atoms with van der Waals surface area (Å²) >= 11 is 0. The van der Waals surface area contributed by atoms with Crippen molar-refractivity contribution in [3.05, 3.63) is 0 Å². The minimum atomic E-state index is -0.0661. The van der Waals surface area contributed by atoms with E-state index in [2.05, 4.69) is 13.8 Å². The molecule has 0 radical (unpaired) electrons. The Hall–Kier alpha value is -1.06. The van der Waals surface area contributed by atoms with Crippen LogP contribution in [0.3, 0.4) is 0 Å². The number of esters is 2. The Morgan fingerprint density at radius 2 is 1.44 bits per heavy atom. The van der Waals surface area contributed by atoms with E-state index in [-0.39, 0.29) is 29.9 Å². The number of carbonyl (C=O) groups excluding carboxylic acids is 2. The number of carbonyl (C=O) groups is 2. The van der Waals surface area contributed by atoms with Gasteiger partial charge in [-0.25, -0.2) is 0 Å². The van der Waals surface area contributed by atoms with Crippen LogP contribution in [-0.4, -0.2) is 24.6 Å². The van der Waals surface area contributed by atoms with Gasteiger partial charge in [0.1, 0.15) is 6.10 Å². The van der Waals surface area contributed by atoms with Gasteiger partial charge in [-0.3, -0.25) is 9.59 Å².